The highest BCUT2D eigenvalue weighted by Crippen LogP contribution is 2.11. The summed E-state index contributed by atoms with van der Waals surface area (Å²) in [7, 11) is 0. The van der Waals surface area contributed by atoms with Gasteiger partial charge in [0.05, 0.1) is 12.7 Å². The third-order valence-corrected chi connectivity index (χ3v) is 4.58. The molecule has 0 aliphatic carbocycles. The fourth-order valence-corrected chi connectivity index (χ4v) is 3.31. The smallest absolute Gasteiger partial charge is 0.319 e. The SMILES string of the molecule is CC(C)CN1CCOC(CNC(=O)Nc2cccc(C#Cc3ccccc3)c2)C1. The summed E-state index contributed by atoms with van der Waals surface area (Å²) >= 11 is 0. The molecule has 1 aliphatic rings. The number of ether oxygens (including phenoxy) is 1. The zero-order chi connectivity index (χ0) is 20.5. The highest BCUT2D eigenvalue weighted by molar-refractivity contribution is 5.89. The molecule has 2 N–H and O–H groups in total. The van der Waals surface area contributed by atoms with Gasteiger partial charge in [0.15, 0.2) is 0 Å². The van der Waals surface area contributed by atoms with E-state index in [-0.39, 0.29) is 12.1 Å². The molecule has 0 bridgehead atoms. The molecule has 1 aliphatic heterocycles. The minimum absolute atomic E-state index is 0.0244. The highest BCUT2D eigenvalue weighted by atomic mass is 16.5. The molecule has 5 heteroatoms. The van der Waals surface area contributed by atoms with Crippen LogP contribution in [-0.2, 0) is 4.74 Å². The number of amides is 2. The summed E-state index contributed by atoms with van der Waals surface area (Å²) in [6, 6.07) is 17.1. The van der Waals surface area contributed by atoms with Crippen molar-refractivity contribution in [1.82, 2.24) is 10.2 Å². The molecule has 3 rings (SSSR count). The van der Waals surface area contributed by atoms with E-state index >= 15 is 0 Å². The molecule has 0 spiro atoms. The van der Waals surface area contributed by atoms with Crippen LogP contribution in [-0.4, -0.2) is 49.8 Å². The lowest BCUT2D eigenvalue weighted by atomic mass is 10.1. The van der Waals surface area contributed by atoms with Gasteiger partial charge in [-0.15, -0.1) is 0 Å². The first kappa shape index (κ1) is 20.9. The van der Waals surface area contributed by atoms with E-state index in [1.165, 1.54) is 0 Å². The number of anilines is 1. The van der Waals surface area contributed by atoms with Crippen molar-refractivity contribution < 1.29 is 9.53 Å². The summed E-state index contributed by atoms with van der Waals surface area (Å²) in [6.07, 6.45) is 0.0244. The first-order chi connectivity index (χ1) is 14.1. The van der Waals surface area contributed by atoms with Gasteiger partial charge in [-0.3, -0.25) is 4.90 Å². The van der Waals surface area contributed by atoms with Crippen molar-refractivity contribution in [3.05, 3.63) is 65.7 Å². The minimum atomic E-state index is -0.234. The number of hydrogen-bond donors (Lipinski definition) is 2. The van der Waals surface area contributed by atoms with E-state index in [1.54, 1.807) is 0 Å². The van der Waals surface area contributed by atoms with Crippen molar-refractivity contribution in [3.63, 3.8) is 0 Å². The second-order valence-electron chi connectivity index (χ2n) is 7.68. The number of morpholine rings is 1. The van der Waals surface area contributed by atoms with Crippen molar-refractivity contribution in [1.29, 1.82) is 0 Å². The molecule has 2 aromatic carbocycles. The van der Waals surface area contributed by atoms with Crippen LogP contribution in [0, 0.1) is 17.8 Å². The fourth-order valence-electron chi connectivity index (χ4n) is 3.31. The van der Waals surface area contributed by atoms with E-state index in [1.807, 2.05) is 54.6 Å². The van der Waals surface area contributed by atoms with Crippen LogP contribution in [0.1, 0.15) is 25.0 Å². The zero-order valence-electron chi connectivity index (χ0n) is 17.2. The quantitative estimate of drug-likeness (QED) is 0.767. The Hall–Kier alpha value is -2.81. The molecule has 1 unspecified atom stereocenters. The van der Waals surface area contributed by atoms with Crippen molar-refractivity contribution in [2.45, 2.75) is 20.0 Å². The van der Waals surface area contributed by atoms with Gasteiger partial charge >= 0.3 is 6.03 Å². The Morgan fingerprint density at radius 2 is 1.90 bits per heavy atom. The second kappa shape index (κ2) is 10.7. The van der Waals surface area contributed by atoms with E-state index in [4.69, 9.17) is 4.74 Å². The van der Waals surface area contributed by atoms with E-state index in [2.05, 4.69) is 41.2 Å². The highest BCUT2D eigenvalue weighted by Gasteiger charge is 2.21. The van der Waals surface area contributed by atoms with Crippen LogP contribution in [0.4, 0.5) is 10.5 Å². The van der Waals surface area contributed by atoms with Crippen LogP contribution in [0.5, 0.6) is 0 Å². The number of carbonyl (C=O) groups is 1. The topological polar surface area (TPSA) is 53.6 Å². The average molecular weight is 392 g/mol. The van der Waals surface area contributed by atoms with Gasteiger partial charge in [0, 0.05) is 43.0 Å². The molecule has 1 fully saturated rings. The molecule has 2 amide bonds. The van der Waals surface area contributed by atoms with Crippen molar-refractivity contribution in [3.8, 4) is 11.8 Å². The van der Waals surface area contributed by atoms with E-state index in [0.29, 0.717) is 24.8 Å². The number of rotatable bonds is 5. The monoisotopic (exact) mass is 391 g/mol. The first-order valence-corrected chi connectivity index (χ1v) is 10.1. The van der Waals surface area contributed by atoms with Gasteiger partial charge in [0.2, 0.25) is 0 Å². The Morgan fingerprint density at radius 3 is 2.69 bits per heavy atom. The van der Waals surface area contributed by atoms with Crippen molar-refractivity contribution in [2.75, 3.05) is 38.1 Å². The second-order valence-corrected chi connectivity index (χ2v) is 7.68. The van der Waals surface area contributed by atoms with E-state index in [0.717, 1.165) is 30.8 Å². The van der Waals surface area contributed by atoms with Crippen LogP contribution in [0.2, 0.25) is 0 Å². The van der Waals surface area contributed by atoms with Gasteiger partial charge < -0.3 is 15.4 Å². The molecule has 0 radical (unpaired) electrons. The molecule has 1 atom stereocenters. The number of nitrogens with one attached hydrogen (secondary N) is 2. The van der Waals surface area contributed by atoms with Crippen LogP contribution in [0.15, 0.2) is 54.6 Å². The van der Waals surface area contributed by atoms with Gasteiger partial charge in [-0.1, -0.05) is 50.0 Å². The van der Waals surface area contributed by atoms with Gasteiger partial charge in [-0.05, 0) is 36.2 Å². The third kappa shape index (κ3) is 7.26. The van der Waals surface area contributed by atoms with E-state index < -0.39 is 0 Å². The lowest BCUT2D eigenvalue weighted by Crippen LogP contribution is -2.48. The predicted octanol–water partition coefficient (Wildman–Crippen LogP) is 3.56. The van der Waals surface area contributed by atoms with Gasteiger partial charge in [-0.2, -0.15) is 0 Å². The first-order valence-electron chi connectivity index (χ1n) is 10.1. The maximum absolute atomic E-state index is 12.3. The maximum atomic E-state index is 12.3. The summed E-state index contributed by atoms with van der Waals surface area (Å²) in [5.74, 6) is 6.89. The molecular weight excluding hydrogens is 362 g/mol. The largest absolute Gasteiger partial charge is 0.374 e. The Labute approximate surface area is 173 Å². The van der Waals surface area contributed by atoms with Gasteiger partial charge in [0.1, 0.15) is 0 Å². The molecule has 0 saturated carbocycles. The summed E-state index contributed by atoms with van der Waals surface area (Å²) in [5, 5.41) is 5.79. The average Bonchev–Trinajstić information content (AvgIpc) is 2.72. The summed E-state index contributed by atoms with van der Waals surface area (Å²) < 4.78 is 5.78. The molecule has 2 aromatic rings. The van der Waals surface area contributed by atoms with E-state index in [9.17, 15) is 4.79 Å². The van der Waals surface area contributed by atoms with Gasteiger partial charge in [0.25, 0.3) is 0 Å². The standard InChI is InChI=1S/C24H29N3O2/c1-19(2)17-27-13-14-29-23(18-27)16-25-24(28)26-22-10-6-9-21(15-22)12-11-20-7-4-3-5-8-20/h3-10,15,19,23H,13-14,16-18H2,1-2H3,(H2,25,26,28). The summed E-state index contributed by atoms with van der Waals surface area (Å²) in [6.45, 7) is 8.50. The number of urea groups is 1. The predicted molar refractivity (Wildman–Crippen MR) is 117 cm³/mol. The van der Waals surface area contributed by atoms with Crippen molar-refractivity contribution in [2.24, 2.45) is 5.92 Å². The molecule has 1 saturated heterocycles. The Balaban J connectivity index is 1.49. The maximum Gasteiger partial charge on any atom is 0.319 e. The molecule has 29 heavy (non-hydrogen) atoms. The Morgan fingerprint density at radius 1 is 1.14 bits per heavy atom. The molecule has 1 heterocycles. The van der Waals surface area contributed by atoms with Crippen molar-refractivity contribution >= 4 is 11.7 Å². The lowest BCUT2D eigenvalue weighted by Gasteiger charge is -2.33. The Bertz CT molecular complexity index is 855. The van der Waals surface area contributed by atoms with Crippen LogP contribution in [0.25, 0.3) is 0 Å². The zero-order valence-corrected chi connectivity index (χ0v) is 17.2. The Kier molecular flexibility index (Phi) is 7.69. The number of hydrogen-bond acceptors (Lipinski definition) is 3. The number of benzene rings is 2. The minimum Gasteiger partial charge on any atom is -0.374 e. The van der Waals surface area contributed by atoms with Crippen LogP contribution in [0.3, 0.4) is 0 Å². The van der Waals surface area contributed by atoms with Crippen LogP contribution >= 0.6 is 0 Å². The number of nitrogens with zero attached hydrogens (tertiary/aromatic N) is 1. The summed E-state index contributed by atoms with van der Waals surface area (Å²) in [5.41, 5.74) is 2.53. The third-order valence-electron chi connectivity index (χ3n) is 4.58. The molecule has 152 valence electrons. The van der Waals surface area contributed by atoms with Crippen LogP contribution < -0.4 is 10.6 Å². The molecule has 5 nitrogen and oxygen atoms in total. The molecule has 0 aromatic heterocycles. The summed E-state index contributed by atoms with van der Waals surface area (Å²) in [4.78, 5) is 14.7. The number of carbonyl (C=O) groups excluding carboxylic acids is 1. The normalized spacial score (nSPS) is 16.7. The fraction of sp³-hybridized carbons (Fsp3) is 0.375. The lowest BCUT2D eigenvalue weighted by molar-refractivity contribution is -0.0288. The molecular formula is C24H29N3O2. The van der Waals surface area contributed by atoms with Gasteiger partial charge in [-0.25, -0.2) is 4.79 Å².